The van der Waals surface area contributed by atoms with Crippen LogP contribution in [0.15, 0.2) is 36.4 Å². The summed E-state index contributed by atoms with van der Waals surface area (Å²) in [7, 11) is 0. The van der Waals surface area contributed by atoms with Crippen LogP contribution in [0, 0.1) is 23.4 Å². The van der Waals surface area contributed by atoms with Crippen LogP contribution in [0.25, 0.3) is 11.0 Å². The van der Waals surface area contributed by atoms with E-state index in [1.54, 1.807) is 6.07 Å². The van der Waals surface area contributed by atoms with Crippen LogP contribution in [0.1, 0.15) is 29.0 Å². The molecule has 0 bridgehead atoms. The van der Waals surface area contributed by atoms with Gasteiger partial charge in [-0.15, -0.1) is 0 Å². The molecule has 1 aliphatic rings. The molecule has 1 aliphatic heterocycles. The second-order valence-electron chi connectivity index (χ2n) is 6.91. The van der Waals surface area contributed by atoms with Crippen molar-refractivity contribution in [2.24, 2.45) is 5.92 Å². The van der Waals surface area contributed by atoms with Crippen LogP contribution in [0.2, 0.25) is 0 Å². The highest BCUT2D eigenvalue weighted by Crippen LogP contribution is 2.24. The first kappa shape index (κ1) is 17.7. The van der Waals surface area contributed by atoms with Gasteiger partial charge in [0.05, 0.1) is 23.1 Å². The fourth-order valence-electron chi connectivity index (χ4n) is 3.64. The Morgan fingerprint density at radius 1 is 1.15 bits per heavy atom. The van der Waals surface area contributed by atoms with Crippen LogP contribution in [0.3, 0.4) is 0 Å². The molecule has 3 aromatic rings. The van der Waals surface area contributed by atoms with Crippen molar-refractivity contribution in [2.75, 3.05) is 13.1 Å². The third-order valence-corrected chi connectivity index (χ3v) is 4.94. The van der Waals surface area contributed by atoms with Gasteiger partial charge in [-0.25, -0.2) is 18.2 Å². The molecular formula is C20H18F3N3O. The standard InChI is InChI=1S/C20H18F3N3O/c21-13-3-5-16(23)15(8-13)20(27)12-2-1-7-26(10-12)11-19-24-17-6-4-14(22)9-18(17)25-19/h3-6,8-9,12H,1-2,7,10-11H2,(H,24,25). The zero-order chi connectivity index (χ0) is 19.0. The van der Waals surface area contributed by atoms with Gasteiger partial charge in [-0.3, -0.25) is 9.69 Å². The third kappa shape index (κ3) is 3.73. The number of halogens is 3. The molecule has 1 saturated heterocycles. The predicted octanol–water partition coefficient (Wildman–Crippen LogP) is 4.08. The van der Waals surface area contributed by atoms with Gasteiger partial charge in [0.15, 0.2) is 5.78 Å². The Bertz CT molecular complexity index is 1000. The molecule has 0 aliphatic carbocycles. The molecule has 0 spiro atoms. The molecule has 2 aromatic carbocycles. The molecule has 0 amide bonds. The van der Waals surface area contributed by atoms with E-state index < -0.39 is 17.6 Å². The summed E-state index contributed by atoms with van der Waals surface area (Å²) in [6, 6.07) is 7.31. The summed E-state index contributed by atoms with van der Waals surface area (Å²) in [4.78, 5) is 22.2. The van der Waals surface area contributed by atoms with Crippen LogP contribution in [-0.2, 0) is 6.54 Å². The summed E-state index contributed by atoms with van der Waals surface area (Å²) in [6.45, 7) is 1.70. The zero-order valence-electron chi connectivity index (χ0n) is 14.5. The quantitative estimate of drug-likeness (QED) is 0.701. The minimum atomic E-state index is -0.696. The highest BCUT2D eigenvalue weighted by atomic mass is 19.1. The second kappa shape index (κ2) is 7.15. The Labute approximate surface area is 154 Å². The van der Waals surface area contributed by atoms with Gasteiger partial charge in [-0.05, 0) is 55.8 Å². The number of carbonyl (C=O) groups excluding carboxylic acids is 1. The number of hydrogen-bond donors (Lipinski definition) is 1. The SMILES string of the molecule is O=C(c1cc(F)ccc1F)C1CCCN(Cc2nc3ccc(F)cc3[nH]2)C1. The normalized spacial score (nSPS) is 18.1. The summed E-state index contributed by atoms with van der Waals surface area (Å²) in [5, 5.41) is 0. The Balaban J connectivity index is 1.48. The van der Waals surface area contributed by atoms with Crippen molar-refractivity contribution in [1.29, 1.82) is 0 Å². The summed E-state index contributed by atoms with van der Waals surface area (Å²) >= 11 is 0. The summed E-state index contributed by atoms with van der Waals surface area (Å²) in [5.41, 5.74) is 1.11. The lowest BCUT2D eigenvalue weighted by Crippen LogP contribution is -2.38. The van der Waals surface area contributed by atoms with Crippen LogP contribution < -0.4 is 0 Å². The first-order valence-corrected chi connectivity index (χ1v) is 8.85. The molecule has 4 rings (SSSR count). The first-order chi connectivity index (χ1) is 13.0. The molecule has 7 heteroatoms. The van der Waals surface area contributed by atoms with Gasteiger partial charge in [0.25, 0.3) is 0 Å². The maximum atomic E-state index is 13.9. The molecule has 1 N–H and O–H groups in total. The monoisotopic (exact) mass is 373 g/mol. The number of Topliss-reactive ketones (excluding diaryl/α,β-unsaturated/α-hetero) is 1. The highest BCUT2D eigenvalue weighted by Gasteiger charge is 2.28. The van der Waals surface area contributed by atoms with E-state index in [0.29, 0.717) is 36.4 Å². The van der Waals surface area contributed by atoms with Crippen molar-refractivity contribution >= 4 is 16.8 Å². The second-order valence-corrected chi connectivity index (χ2v) is 6.91. The molecular weight excluding hydrogens is 355 g/mol. The van der Waals surface area contributed by atoms with E-state index in [9.17, 15) is 18.0 Å². The largest absolute Gasteiger partial charge is 0.341 e. The number of rotatable bonds is 4. The molecule has 1 unspecified atom stereocenters. The van der Waals surface area contributed by atoms with Crippen molar-refractivity contribution < 1.29 is 18.0 Å². The number of aromatic amines is 1. The number of carbonyl (C=O) groups is 1. The number of nitrogens with one attached hydrogen (secondary N) is 1. The highest BCUT2D eigenvalue weighted by molar-refractivity contribution is 5.98. The Kier molecular flexibility index (Phi) is 4.70. The molecule has 4 nitrogen and oxygen atoms in total. The third-order valence-electron chi connectivity index (χ3n) is 4.94. The van der Waals surface area contributed by atoms with Gasteiger partial charge < -0.3 is 4.98 Å². The molecule has 140 valence electrons. The molecule has 1 fully saturated rings. The fraction of sp³-hybridized carbons (Fsp3) is 0.300. The van der Waals surface area contributed by atoms with Crippen molar-refractivity contribution in [3.05, 3.63) is 65.2 Å². The minimum Gasteiger partial charge on any atom is -0.341 e. The maximum Gasteiger partial charge on any atom is 0.170 e. The molecule has 27 heavy (non-hydrogen) atoms. The average Bonchev–Trinajstić information content (AvgIpc) is 3.04. The number of nitrogens with zero attached hydrogens (tertiary/aromatic N) is 2. The van der Waals surface area contributed by atoms with Crippen molar-refractivity contribution in [3.8, 4) is 0 Å². The minimum absolute atomic E-state index is 0.193. The van der Waals surface area contributed by atoms with E-state index in [0.717, 1.165) is 31.2 Å². The van der Waals surface area contributed by atoms with Gasteiger partial charge in [0.1, 0.15) is 23.3 Å². The number of piperidine rings is 1. The van der Waals surface area contributed by atoms with Crippen LogP contribution in [-0.4, -0.2) is 33.7 Å². The van der Waals surface area contributed by atoms with Crippen molar-refractivity contribution in [1.82, 2.24) is 14.9 Å². The van der Waals surface area contributed by atoms with E-state index in [-0.39, 0.29) is 17.2 Å². The predicted molar refractivity (Wildman–Crippen MR) is 94.7 cm³/mol. The zero-order valence-corrected chi connectivity index (χ0v) is 14.5. The van der Waals surface area contributed by atoms with Gasteiger partial charge in [0.2, 0.25) is 0 Å². The lowest BCUT2D eigenvalue weighted by molar-refractivity contribution is 0.0804. The number of fused-ring (bicyclic) bond motifs is 1. The van der Waals surface area contributed by atoms with Crippen molar-refractivity contribution in [2.45, 2.75) is 19.4 Å². The van der Waals surface area contributed by atoms with Gasteiger partial charge in [-0.2, -0.15) is 0 Å². The number of H-pyrrole nitrogens is 1. The Morgan fingerprint density at radius 3 is 2.78 bits per heavy atom. The van der Waals surface area contributed by atoms with E-state index in [2.05, 4.69) is 14.9 Å². The number of aromatic nitrogens is 2. The molecule has 1 atom stereocenters. The van der Waals surface area contributed by atoms with E-state index >= 15 is 0 Å². The van der Waals surface area contributed by atoms with Crippen LogP contribution >= 0.6 is 0 Å². The fourth-order valence-corrected chi connectivity index (χ4v) is 3.64. The van der Waals surface area contributed by atoms with Gasteiger partial charge in [-0.1, -0.05) is 0 Å². The molecule has 1 aromatic heterocycles. The maximum absolute atomic E-state index is 13.9. The van der Waals surface area contributed by atoms with Gasteiger partial charge >= 0.3 is 0 Å². The molecule has 2 heterocycles. The average molecular weight is 373 g/mol. The van der Waals surface area contributed by atoms with Crippen molar-refractivity contribution in [3.63, 3.8) is 0 Å². The smallest absolute Gasteiger partial charge is 0.170 e. The number of hydrogen-bond acceptors (Lipinski definition) is 3. The Hall–Kier alpha value is -2.67. The Morgan fingerprint density at radius 2 is 1.93 bits per heavy atom. The lowest BCUT2D eigenvalue weighted by Gasteiger charge is -2.31. The molecule has 0 saturated carbocycles. The number of imidazole rings is 1. The summed E-state index contributed by atoms with van der Waals surface area (Å²) < 4.78 is 40.6. The van der Waals surface area contributed by atoms with Crippen LogP contribution in [0.5, 0.6) is 0 Å². The summed E-state index contributed by atoms with van der Waals surface area (Å²) in [6.07, 6.45) is 1.42. The van der Waals surface area contributed by atoms with E-state index in [1.165, 1.54) is 12.1 Å². The van der Waals surface area contributed by atoms with E-state index in [4.69, 9.17) is 0 Å². The van der Waals surface area contributed by atoms with Gasteiger partial charge in [0, 0.05) is 12.5 Å². The topological polar surface area (TPSA) is 49.0 Å². The number of likely N-dealkylation sites (tertiary alicyclic amines) is 1. The lowest BCUT2D eigenvalue weighted by atomic mass is 9.89. The molecule has 0 radical (unpaired) electrons. The first-order valence-electron chi connectivity index (χ1n) is 8.85. The summed E-state index contributed by atoms with van der Waals surface area (Å²) in [5.74, 6) is -1.74. The van der Waals surface area contributed by atoms with Crippen LogP contribution in [0.4, 0.5) is 13.2 Å². The van der Waals surface area contributed by atoms with E-state index in [1.807, 2.05) is 0 Å². The number of benzene rings is 2. The number of ketones is 1.